The molecule has 0 saturated carbocycles. The van der Waals surface area contributed by atoms with E-state index in [1.165, 1.54) is 10.4 Å². The third-order valence-electron chi connectivity index (χ3n) is 7.14. The summed E-state index contributed by atoms with van der Waals surface area (Å²) < 4.78 is 0. The molecular weight excluding hydrogens is 454 g/mol. The molecule has 0 bridgehead atoms. The maximum Gasteiger partial charge on any atom is 0.257 e. The third kappa shape index (κ3) is 5.34. The molecule has 1 aliphatic carbocycles. The maximum atomic E-state index is 13.8. The average Bonchev–Trinajstić information content (AvgIpc) is 3.21. The molecule has 1 aromatic heterocycles. The van der Waals surface area contributed by atoms with Crippen molar-refractivity contribution in [2.45, 2.75) is 39.7 Å². The van der Waals surface area contributed by atoms with Gasteiger partial charge in [0.15, 0.2) is 0 Å². The summed E-state index contributed by atoms with van der Waals surface area (Å²) in [7, 11) is 0. The highest BCUT2D eigenvalue weighted by Crippen LogP contribution is 2.40. The minimum absolute atomic E-state index is 0.0657. The number of anilines is 1. The van der Waals surface area contributed by atoms with Crippen molar-refractivity contribution in [2.24, 2.45) is 5.92 Å². The second kappa shape index (κ2) is 10.3. The first-order chi connectivity index (χ1) is 17.0. The van der Waals surface area contributed by atoms with E-state index >= 15 is 0 Å². The molecule has 2 aromatic carbocycles. The molecule has 0 unspecified atom stereocenters. The Kier molecular flexibility index (Phi) is 7.02. The molecule has 2 amide bonds. The van der Waals surface area contributed by atoms with Crippen LogP contribution in [-0.2, 0) is 19.4 Å². The van der Waals surface area contributed by atoms with Crippen molar-refractivity contribution in [1.82, 2.24) is 9.80 Å². The molecule has 6 heteroatoms. The molecule has 1 aliphatic heterocycles. The second-order valence-corrected chi connectivity index (χ2v) is 11.0. The van der Waals surface area contributed by atoms with E-state index in [9.17, 15) is 9.59 Å². The van der Waals surface area contributed by atoms with Gasteiger partial charge in [-0.1, -0.05) is 55.0 Å². The van der Waals surface area contributed by atoms with Gasteiger partial charge in [0.2, 0.25) is 0 Å². The largest absolute Gasteiger partial charge is 0.336 e. The highest BCUT2D eigenvalue weighted by molar-refractivity contribution is 7.17. The summed E-state index contributed by atoms with van der Waals surface area (Å²) in [5.41, 5.74) is 4.85. The highest BCUT2D eigenvalue weighted by Gasteiger charge is 2.32. The van der Waals surface area contributed by atoms with Crippen molar-refractivity contribution in [3.63, 3.8) is 0 Å². The van der Waals surface area contributed by atoms with Crippen LogP contribution in [0.4, 0.5) is 5.00 Å². The van der Waals surface area contributed by atoms with Gasteiger partial charge in [-0.3, -0.25) is 14.5 Å². The Morgan fingerprint density at radius 2 is 1.80 bits per heavy atom. The molecule has 1 N–H and O–H groups in total. The number of aryl methyl sites for hydroxylation is 1. The van der Waals surface area contributed by atoms with Gasteiger partial charge in [-0.15, -0.1) is 11.3 Å². The lowest BCUT2D eigenvalue weighted by Crippen LogP contribution is -2.48. The van der Waals surface area contributed by atoms with Crippen LogP contribution in [0.25, 0.3) is 0 Å². The van der Waals surface area contributed by atoms with E-state index in [-0.39, 0.29) is 11.8 Å². The fourth-order valence-corrected chi connectivity index (χ4v) is 6.53. The minimum atomic E-state index is -0.151. The Hall–Kier alpha value is -2.96. The zero-order chi connectivity index (χ0) is 24.4. The number of piperazine rings is 1. The summed E-state index contributed by atoms with van der Waals surface area (Å²) in [6.07, 6.45) is 2.97. The number of carbonyl (C=O) groups is 2. The Morgan fingerprint density at radius 1 is 1.03 bits per heavy atom. The standard InChI is InChI=1S/C29H33N3O2S/c1-20-7-6-10-23(17-20)27(33)30-28-26(24-12-11-21(2)18-25(24)35-28)29(34)32-15-13-31(14-16-32)19-22-8-4-3-5-9-22/h3-10,17,21H,11-16,18-19H2,1-2H3,(H,30,33)/t21-/m1/s1. The first kappa shape index (κ1) is 23.8. The van der Waals surface area contributed by atoms with Crippen LogP contribution < -0.4 is 5.32 Å². The lowest BCUT2D eigenvalue weighted by molar-refractivity contribution is 0.0628. The number of nitrogens with one attached hydrogen (secondary N) is 1. The van der Waals surface area contributed by atoms with Gasteiger partial charge in [-0.2, -0.15) is 0 Å². The summed E-state index contributed by atoms with van der Waals surface area (Å²) in [4.78, 5) is 32.6. The predicted molar refractivity (Wildman–Crippen MR) is 142 cm³/mol. The van der Waals surface area contributed by atoms with Gasteiger partial charge < -0.3 is 10.2 Å². The van der Waals surface area contributed by atoms with Crippen LogP contribution in [0, 0.1) is 12.8 Å². The van der Waals surface area contributed by atoms with Crippen LogP contribution in [0.2, 0.25) is 0 Å². The lowest BCUT2D eigenvalue weighted by Gasteiger charge is -2.35. The number of hydrogen-bond acceptors (Lipinski definition) is 4. The van der Waals surface area contributed by atoms with Crippen molar-refractivity contribution in [1.29, 1.82) is 0 Å². The number of nitrogens with zero attached hydrogens (tertiary/aromatic N) is 2. The summed E-state index contributed by atoms with van der Waals surface area (Å²) in [5, 5.41) is 3.82. The summed E-state index contributed by atoms with van der Waals surface area (Å²) in [6, 6.07) is 18.1. The van der Waals surface area contributed by atoms with Gasteiger partial charge in [0.25, 0.3) is 11.8 Å². The first-order valence-electron chi connectivity index (χ1n) is 12.6. The third-order valence-corrected chi connectivity index (χ3v) is 8.31. The molecule has 1 fully saturated rings. The molecule has 0 radical (unpaired) electrons. The Morgan fingerprint density at radius 3 is 2.54 bits per heavy atom. The predicted octanol–water partition coefficient (Wildman–Crippen LogP) is 5.39. The van der Waals surface area contributed by atoms with Crippen molar-refractivity contribution in [2.75, 3.05) is 31.5 Å². The molecule has 5 nitrogen and oxygen atoms in total. The van der Waals surface area contributed by atoms with Crippen molar-refractivity contribution in [3.05, 3.63) is 87.3 Å². The normalized spacial score (nSPS) is 18.2. The maximum absolute atomic E-state index is 13.8. The van der Waals surface area contributed by atoms with Crippen LogP contribution >= 0.6 is 11.3 Å². The van der Waals surface area contributed by atoms with Crippen LogP contribution in [-0.4, -0.2) is 47.8 Å². The SMILES string of the molecule is Cc1cccc(C(=O)Nc2sc3c(c2C(=O)N2CCN(Cc4ccccc4)CC2)CC[C@@H](C)C3)c1. The van der Waals surface area contributed by atoms with Gasteiger partial charge >= 0.3 is 0 Å². The van der Waals surface area contributed by atoms with E-state index < -0.39 is 0 Å². The summed E-state index contributed by atoms with van der Waals surface area (Å²) in [6.45, 7) is 8.28. The van der Waals surface area contributed by atoms with Gasteiger partial charge in [0.1, 0.15) is 5.00 Å². The molecule has 182 valence electrons. The van der Waals surface area contributed by atoms with Gasteiger partial charge in [-0.25, -0.2) is 0 Å². The number of fused-ring (bicyclic) bond motifs is 1. The summed E-state index contributed by atoms with van der Waals surface area (Å²) in [5.74, 6) is 0.518. The summed E-state index contributed by atoms with van der Waals surface area (Å²) >= 11 is 1.60. The average molecular weight is 488 g/mol. The topological polar surface area (TPSA) is 52.7 Å². The molecule has 35 heavy (non-hydrogen) atoms. The molecule has 2 heterocycles. The Labute approximate surface area is 211 Å². The quantitative estimate of drug-likeness (QED) is 0.525. The number of carbonyl (C=O) groups excluding carboxylic acids is 2. The highest BCUT2D eigenvalue weighted by atomic mass is 32.1. The number of rotatable bonds is 5. The Balaban J connectivity index is 1.34. The molecule has 1 atom stereocenters. The van der Waals surface area contributed by atoms with Crippen LogP contribution in [0.5, 0.6) is 0 Å². The van der Waals surface area contributed by atoms with E-state index in [4.69, 9.17) is 0 Å². The molecule has 2 aliphatic rings. The van der Waals surface area contributed by atoms with Crippen molar-refractivity contribution in [3.8, 4) is 0 Å². The lowest BCUT2D eigenvalue weighted by atomic mass is 9.88. The molecule has 1 saturated heterocycles. The van der Waals surface area contributed by atoms with Crippen molar-refractivity contribution >= 4 is 28.2 Å². The molecule has 0 spiro atoms. The van der Waals surface area contributed by atoms with E-state index in [0.717, 1.165) is 55.6 Å². The minimum Gasteiger partial charge on any atom is -0.336 e. The van der Waals surface area contributed by atoms with E-state index in [0.29, 0.717) is 29.6 Å². The van der Waals surface area contributed by atoms with E-state index in [1.54, 1.807) is 11.3 Å². The van der Waals surface area contributed by atoms with Crippen LogP contribution in [0.3, 0.4) is 0 Å². The first-order valence-corrected chi connectivity index (χ1v) is 13.4. The molecule has 5 rings (SSSR count). The van der Waals surface area contributed by atoms with Gasteiger partial charge in [-0.05, 0) is 55.4 Å². The number of amides is 2. The fourth-order valence-electron chi connectivity index (χ4n) is 5.14. The van der Waals surface area contributed by atoms with Gasteiger partial charge in [0.05, 0.1) is 5.56 Å². The molecular formula is C29H33N3O2S. The monoisotopic (exact) mass is 487 g/mol. The van der Waals surface area contributed by atoms with Gasteiger partial charge in [0, 0.05) is 43.2 Å². The number of benzene rings is 2. The van der Waals surface area contributed by atoms with Crippen LogP contribution in [0.15, 0.2) is 54.6 Å². The van der Waals surface area contributed by atoms with Crippen molar-refractivity contribution < 1.29 is 9.59 Å². The smallest absolute Gasteiger partial charge is 0.257 e. The zero-order valence-corrected chi connectivity index (χ0v) is 21.4. The fraction of sp³-hybridized carbons (Fsp3) is 0.379. The Bertz CT molecular complexity index is 1210. The van der Waals surface area contributed by atoms with Crippen LogP contribution in [0.1, 0.15) is 55.6 Å². The van der Waals surface area contributed by atoms with E-state index in [2.05, 4.69) is 41.4 Å². The molecule has 3 aromatic rings. The number of thiophene rings is 1. The number of hydrogen-bond donors (Lipinski definition) is 1. The van der Waals surface area contributed by atoms with E-state index in [1.807, 2.05) is 42.2 Å². The zero-order valence-electron chi connectivity index (χ0n) is 20.5. The second-order valence-electron chi connectivity index (χ2n) is 9.93.